The molecule has 2 heterocycles. The molecule has 0 radical (unpaired) electrons. The number of carbonyl (C=O) groups is 2. The van der Waals surface area contributed by atoms with Crippen LogP contribution in [-0.4, -0.2) is 40.6 Å². The van der Waals surface area contributed by atoms with Gasteiger partial charge in [-0.2, -0.15) is 4.48 Å². The molecular weight excluding hydrogens is 250 g/mol. The molecule has 1 unspecified atom stereocenters. The van der Waals surface area contributed by atoms with Gasteiger partial charge in [0, 0.05) is 5.75 Å². The number of hydrogen-bond acceptors (Lipinski definition) is 4. The van der Waals surface area contributed by atoms with E-state index in [1.54, 1.807) is 23.9 Å². The Morgan fingerprint density at radius 2 is 2.17 bits per heavy atom. The van der Waals surface area contributed by atoms with Crippen molar-refractivity contribution in [3.63, 3.8) is 0 Å². The first-order valence-corrected chi connectivity index (χ1v) is 7.02. The van der Waals surface area contributed by atoms with Gasteiger partial charge in [0.05, 0.1) is 0 Å². The molecule has 0 aromatic heterocycles. The number of thioether (sulfide) groups is 1. The molecule has 0 saturated carbocycles. The minimum atomic E-state index is -0.106. The number of benzene rings is 1. The normalized spacial score (nSPS) is 29.6. The molecular formula is C13H14NO3S+. The van der Waals surface area contributed by atoms with Crippen LogP contribution in [-0.2, 0) is 9.59 Å². The van der Waals surface area contributed by atoms with Crippen LogP contribution in [0.2, 0.25) is 0 Å². The van der Waals surface area contributed by atoms with E-state index in [0.29, 0.717) is 18.7 Å². The summed E-state index contributed by atoms with van der Waals surface area (Å²) >= 11 is 1.72. The van der Waals surface area contributed by atoms with Crippen molar-refractivity contribution < 1.29 is 18.8 Å². The highest BCUT2D eigenvalue weighted by Gasteiger charge is 2.63. The maximum absolute atomic E-state index is 12.2. The van der Waals surface area contributed by atoms with Crippen molar-refractivity contribution in [1.82, 2.24) is 0 Å². The number of rotatable bonds is 3. The summed E-state index contributed by atoms with van der Waals surface area (Å²) in [6, 6.07) is 9.22. The minimum Gasteiger partial charge on any atom is -0.479 e. The van der Waals surface area contributed by atoms with Crippen molar-refractivity contribution >= 4 is 23.6 Å². The van der Waals surface area contributed by atoms with E-state index in [2.05, 4.69) is 0 Å². The van der Waals surface area contributed by atoms with Crippen LogP contribution >= 0.6 is 11.8 Å². The van der Waals surface area contributed by atoms with E-state index in [9.17, 15) is 9.59 Å². The summed E-state index contributed by atoms with van der Waals surface area (Å²) < 4.78 is 5.46. The summed E-state index contributed by atoms with van der Waals surface area (Å²) in [4.78, 5) is 24.0. The fourth-order valence-corrected chi connectivity index (χ4v) is 4.03. The molecule has 2 fully saturated rings. The molecule has 2 aliphatic heterocycles. The quantitative estimate of drug-likeness (QED) is 0.611. The first-order chi connectivity index (χ1) is 8.73. The Kier molecular flexibility index (Phi) is 2.87. The highest BCUT2D eigenvalue weighted by Crippen LogP contribution is 2.43. The summed E-state index contributed by atoms with van der Waals surface area (Å²) in [5.41, 5.74) is 0. The number of amides is 2. The number of fused-ring (bicyclic) bond motifs is 1. The molecule has 0 aliphatic carbocycles. The van der Waals surface area contributed by atoms with E-state index in [-0.39, 0.29) is 28.3 Å². The average molecular weight is 264 g/mol. The summed E-state index contributed by atoms with van der Waals surface area (Å²) in [5.74, 6) is 1.49. The van der Waals surface area contributed by atoms with Crippen LogP contribution in [0.15, 0.2) is 30.3 Å². The number of para-hydroxylation sites is 1. The van der Waals surface area contributed by atoms with Crippen LogP contribution in [0.5, 0.6) is 5.75 Å². The van der Waals surface area contributed by atoms with Gasteiger partial charge in [-0.15, -0.1) is 0 Å². The highest BCUT2D eigenvalue weighted by molar-refractivity contribution is 8.00. The number of imide groups is 1. The molecule has 2 saturated heterocycles. The van der Waals surface area contributed by atoms with Gasteiger partial charge in [0.25, 0.3) is 0 Å². The fraction of sp³-hybridized carbons (Fsp3) is 0.385. The second-order valence-electron chi connectivity index (χ2n) is 4.51. The lowest BCUT2D eigenvalue weighted by Gasteiger charge is -2.40. The lowest BCUT2D eigenvalue weighted by molar-refractivity contribution is -0.810. The van der Waals surface area contributed by atoms with Crippen LogP contribution in [0.1, 0.15) is 6.42 Å². The van der Waals surface area contributed by atoms with E-state index in [1.807, 2.05) is 18.2 Å². The third-order valence-corrected chi connectivity index (χ3v) is 4.92. The lowest BCUT2D eigenvalue weighted by atomic mass is 10.1. The number of quaternary nitrogens is 1. The molecule has 1 aromatic carbocycles. The smallest absolute Gasteiger partial charge is 0.359 e. The molecule has 1 aromatic rings. The van der Waals surface area contributed by atoms with E-state index in [0.717, 1.165) is 5.75 Å². The first-order valence-electron chi connectivity index (χ1n) is 5.97. The van der Waals surface area contributed by atoms with Gasteiger partial charge in [0.15, 0.2) is 5.37 Å². The van der Waals surface area contributed by atoms with Gasteiger partial charge in [0.1, 0.15) is 18.7 Å². The van der Waals surface area contributed by atoms with Crippen molar-refractivity contribution in [2.45, 2.75) is 11.8 Å². The van der Waals surface area contributed by atoms with E-state index in [4.69, 9.17) is 4.74 Å². The molecule has 0 bridgehead atoms. The maximum Gasteiger partial charge on any atom is 0.359 e. The number of hydrogen-bond donors (Lipinski definition) is 0. The van der Waals surface area contributed by atoms with Crippen molar-refractivity contribution in [2.75, 3.05) is 18.9 Å². The van der Waals surface area contributed by atoms with Gasteiger partial charge in [-0.25, -0.2) is 9.59 Å². The van der Waals surface area contributed by atoms with Crippen molar-refractivity contribution in [1.29, 1.82) is 0 Å². The van der Waals surface area contributed by atoms with Gasteiger partial charge >= 0.3 is 11.8 Å². The van der Waals surface area contributed by atoms with Crippen molar-refractivity contribution in [2.24, 2.45) is 0 Å². The zero-order valence-electron chi connectivity index (χ0n) is 9.87. The second kappa shape index (κ2) is 4.40. The third-order valence-electron chi connectivity index (χ3n) is 3.59. The van der Waals surface area contributed by atoms with Crippen LogP contribution in [0.3, 0.4) is 0 Å². The van der Waals surface area contributed by atoms with E-state index >= 15 is 0 Å². The van der Waals surface area contributed by atoms with Gasteiger partial charge in [-0.1, -0.05) is 30.0 Å². The highest BCUT2D eigenvalue weighted by atomic mass is 32.2. The minimum absolute atomic E-state index is 0.0114. The summed E-state index contributed by atoms with van der Waals surface area (Å²) in [6.07, 6.45) is 0.530. The summed E-state index contributed by atoms with van der Waals surface area (Å²) in [5, 5.41) is 0.143. The Morgan fingerprint density at radius 3 is 2.83 bits per heavy atom. The Hall–Kier alpha value is -1.33. The van der Waals surface area contributed by atoms with Gasteiger partial charge in [-0.05, 0) is 12.1 Å². The Morgan fingerprint density at radius 1 is 1.39 bits per heavy atom. The number of carbonyl (C=O) groups excluding carboxylic acids is 2. The van der Waals surface area contributed by atoms with Gasteiger partial charge in [0.2, 0.25) is 6.61 Å². The number of nitrogens with zero attached hydrogens (tertiary/aromatic N) is 1. The Labute approximate surface area is 110 Å². The third kappa shape index (κ3) is 1.66. The molecule has 0 N–H and O–H groups in total. The van der Waals surface area contributed by atoms with Crippen molar-refractivity contribution in [3.8, 4) is 5.75 Å². The van der Waals surface area contributed by atoms with Crippen molar-refractivity contribution in [3.05, 3.63) is 30.3 Å². The van der Waals surface area contributed by atoms with Crippen LogP contribution < -0.4 is 4.74 Å². The molecule has 2 amide bonds. The van der Waals surface area contributed by atoms with E-state index in [1.165, 1.54) is 0 Å². The topological polar surface area (TPSA) is 43.4 Å². The molecule has 18 heavy (non-hydrogen) atoms. The summed E-state index contributed by atoms with van der Waals surface area (Å²) in [7, 11) is 0. The largest absolute Gasteiger partial charge is 0.479 e. The molecule has 2 aliphatic rings. The molecule has 0 spiro atoms. The first kappa shape index (κ1) is 11.7. The van der Waals surface area contributed by atoms with Crippen LogP contribution in [0.4, 0.5) is 0 Å². The molecule has 94 valence electrons. The molecule has 5 heteroatoms. The second-order valence-corrected chi connectivity index (χ2v) is 5.80. The Balaban J connectivity index is 1.67. The SMILES string of the molecule is O=C(COc1ccccc1)[N+]12CCS[C@H]1CC2=O. The van der Waals surface area contributed by atoms with Gasteiger partial charge < -0.3 is 4.74 Å². The number of β-lactam (4-membered cyclic amide) rings is 1. The van der Waals surface area contributed by atoms with Crippen LogP contribution in [0, 0.1) is 0 Å². The standard InChI is InChI=1S/C13H14NO3S/c15-11-8-13-14(11,6-7-18-13)12(16)9-17-10-4-2-1-3-5-10/h1-5,13H,6-9H2/q+1/t13-,14?/m0/s1. The fourth-order valence-electron chi connectivity index (χ4n) is 2.51. The number of ether oxygens (including phenoxy) is 1. The Bertz CT molecular complexity index is 490. The zero-order valence-corrected chi connectivity index (χ0v) is 10.7. The zero-order chi connectivity index (χ0) is 12.6. The maximum atomic E-state index is 12.2. The molecule has 2 atom stereocenters. The lowest BCUT2D eigenvalue weighted by Crippen LogP contribution is -2.69. The predicted octanol–water partition coefficient (Wildman–Crippen LogP) is 1.41. The van der Waals surface area contributed by atoms with E-state index < -0.39 is 0 Å². The molecule has 3 rings (SSSR count). The molecule has 4 nitrogen and oxygen atoms in total. The van der Waals surface area contributed by atoms with Gasteiger partial charge in [-0.3, -0.25) is 0 Å². The summed E-state index contributed by atoms with van der Waals surface area (Å²) in [6.45, 7) is 0.609. The predicted molar refractivity (Wildman–Crippen MR) is 67.9 cm³/mol. The average Bonchev–Trinajstić information content (AvgIpc) is 2.74. The monoisotopic (exact) mass is 264 g/mol. The van der Waals surface area contributed by atoms with Crippen LogP contribution in [0.25, 0.3) is 0 Å².